The second-order valence-corrected chi connectivity index (χ2v) is 8.06. The number of carbonyl (C=O) groups is 2. The Morgan fingerprint density at radius 2 is 1.53 bits per heavy atom. The van der Waals surface area contributed by atoms with Crippen LogP contribution >= 0.6 is 0 Å². The van der Waals surface area contributed by atoms with E-state index in [-0.39, 0.29) is 24.4 Å². The highest BCUT2D eigenvalue weighted by Gasteiger charge is 2.46. The third-order valence-electron chi connectivity index (χ3n) is 5.77. The Morgan fingerprint density at radius 1 is 0.969 bits per heavy atom. The molecule has 0 bridgehead atoms. The van der Waals surface area contributed by atoms with Gasteiger partial charge in [-0.3, -0.25) is 14.6 Å². The summed E-state index contributed by atoms with van der Waals surface area (Å²) in [5, 5.41) is 14.4. The zero-order valence-corrected chi connectivity index (χ0v) is 18.4. The summed E-state index contributed by atoms with van der Waals surface area (Å²) in [5.74, 6) is -1.62. The Labute approximate surface area is 187 Å². The Kier molecular flexibility index (Phi) is 6.12. The van der Waals surface area contributed by atoms with Gasteiger partial charge in [0.05, 0.1) is 12.7 Å². The molecule has 7 heteroatoms. The maximum Gasteiger partial charge on any atom is 0.276 e. The van der Waals surface area contributed by atoms with Crippen LogP contribution < -0.4 is 0 Å². The van der Waals surface area contributed by atoms with E-state index < -0.39 is 23.7 Å². The van der Waals surface area contributed by atoms with Crippen molar-refractivity contribution >= 4 is 11.7 Å². The van der Waals surface area contributed by atoms with E-state index in [0.29, 0.717) is 0 Å². The summed E-state index contributed by atoms with van der Waals surface area (Å²) in [5.41, 5.74) is 1.93. The molecule has 0 aromatic heterocycles. The smallest absolute Gasteiger partial charge is 0.276 e. The summed E-state index contributed by atoms with van der Waals surface area (Å²) >= 11 is 0. The number of fused-ring (bicyclic) bond motifs is 1. The number of amides is 1. The Morgan fingerprint density at radius 3 is 2.03 bits per heavy atom. The lowest BCUT2D eigenvalue weighted by Gasteiger charge is -2.51. The van der Waals surface area contributed by atoms with Crippen molar-refractivity contribution in [3.05, 3.63) is 95.4 Å². The van der Waals surface area contributed by atoms with E-state index >= 15 is 0 Å². The maximum atomic E-state index is 13.4. The largest absolute Gasteiger partial charge is 0.503 e. The van der Waals surface area contributed by atoms with E-state index in [1.54, 1.807) is 16.0 Å². The van der Waals surface area contributed by atoms with E-state index in [2.05, 4.69) is 0 Å². The Bertz CT molecular complexity index is 1010. The van der Waals surface area contributed by atoms with Gasteiger partial charge in [0.25, 0.3) is 5.91 Å². The molecule has 1 amide bonds. The van der Waals surface area contributed by atoms with Crippen molar-refractivity contribution in [3.8, 4) is 0 Å². The molecule has 1 saturated heterocycles. The van der Waals surface area contributed by atoms with Crippen LogP contribution in [-0.4, -0.2) is 57.8 Å². The fourth-order valence-electron chi connectivity index (χ4n) is 4.17. The molecule has 2 heterocycles. The minimum Gasteiger partial charge on any atom is -0.503 e. The number of allylic oxidation sites excluding steroid dienone is 1. The number of aliphatic hydroxyl groups excluding tert-OH is 1. The summed E-state index contributed by atoms with van der Waals surface area (Å²) in [6.07, 6.45) is 2.07. The lowest BCUT2D eigenvalue weighted by molar-refractivity contribution is -0.185. The van der Waals surface area contributed by atoms with Crippen molar-refractivity contribution < 1.29 is 19.4 Å². The molecule has 4 rings (SSSR count). The average Bonchev–Trinajstić information content (AvgIpc) is 2.93. The minimum absolute atomic E-state index is 0.0799. The molecule has 0 saturated carbocycles. The Balaban J connectivity index is 1.95. The quantitative estimate of drug-likeness (QED) is 0.779. The first-order chi connectivity index (χ1) is 15.4. The van der Waals surface area contributed by atoms with Gasteiger partial charge in [-0.2, -0.15) is 5.01 Å². The van der Waals surface area contributed by atoms with Crippen LogP contribution in [-0.2, 0) is 14.3 Å². The van der Waals surface area contributed by atoms with Gasteiger partial charge in [0.2, 0.25) is 5.78 Å². The van der Waals surface area contributed by atoms with E-state index in [9.17, 15) is 14.7 Å². The first-order valence-corrected chi connectivity index (χ1v) is 10.6. The van der Waals surface area contributed by atoms with Crippen molar-refractivity contribution in [1.82, 2.24) is 14.9 Å². The molecule has 7 nitrogen and oxygen atoms in total. The predicted molar refractivity (Wildman–Crippen MR) is 120 cm³/mol. The highest BCUT2D eigenvalue weighted by molar-refractivity contribution is 6.09. The van der Waals surface area contributed by atoms with Crippen molar-refractivity contribution in [2.45, 2.75) is 32.2 Å². The first-order valence-electron chi connectivity index (χ1n) is 10.6. The monoisotopic (exact) mass is 433 g/mol. The van der Waals surface area contributed by atoms with Crippen LogP contribution in [0.15, 0.2) is 84.3 Å². The third kappa shape index (κ3) is 3.81. The van der Waals surface area contributed by atoms with E-state index in [1.165, 1.54) is 13.2 Å². The van der Waals surface area contributed by atoms with Crippen LogP contribution in [0.1, 0.15) is 31.0 Å². The summed E-state index contributed by atoms with van der Waals surface area (Å²) in [6.45, 7) is 4.07. The summed E-state index contributed by atoms with van der Waals surface area (Å²) in [7, 11) is 1.51. The fourth-order valence-corrected chi connectivity index (χ4v) is 4.17. The highest BCUT2D eigenvalue weighted by Crippen LogP contribution is 2.38. The molecule has 0 radical (unpaired) electrons. The molecule has 32 heavy (non-hydrogen) atoms. The van der Waals surface area contributed by atoms with Crippen LogP contribution in [0, 0.1) is 0 Å². The number of hydrogen-bond donors (Lipinski definition) is 1. The van der Waals surface area contributed by atoms with E-state index in [1.807, 2.05) is 79.5 Å². The molecule has 2 aromatic rings. The third-order valence-corrected chi connectivity index (χ3v) is 5.77. The van der Waals surface area contributed by atoms with Gasteiger partial charge >= 0.3 is 0 Å². The van der Waals surface area contributed by atoms with Gasteiger partial charge in [-0.05, 0) is 37.1 Å². The van der Waals surface area contributed by atoms with Gasteiger partial charge in [-0.1, -0.05) is 60.7 Å². The molecule has 0 spiro atoms. The number of aliphatic hydroxyl groups is 1. The molecular weight excluding hydrogens is 406 g/mol. The number of ketones is 1. The molecule has 166 valence electrons. The van der Waals surface area contributed by atoms with Crippen molar-refractivity contribution in [1.29, 1.82) is 0 Å². The topological polar surface area (TPSA) is 73.3 Å². The number of carbonyl (C=O) groups excluding carboxylic acids is 2. The lowest BCUT2D eigenvalue weighted by atomic mass is 9.97. The van der Waals surface area contributed by atoms with Crippen LogP contribution in [0.3, 0.4) is 0 Å². The van der Waals surface area contributed by atoms with Crippen LogP contribution in [0.2, 0.25) is 0 Å². The van der Waals surface area contributed by atoms with Crippen molar-refractivity contribution in [2.75, 3.05) is 13.8 Å². The summed E-state index contributed by atoms with van der Waals surface area (Å²) in [6, 6.07) is 19.4. The van der Waals surface area contributed by atoms with Gasteiger partial charge in [-0.15, -0.1) is 0 Å². The van der Waals surface area contributed by atoms with E-state index in [0.717, 1.165) is 11.1 Å². The van der Waals surface area contributed by atoms with Gasteiger partial charge in [-0.25, -0.2) is 0 Å². The summed E-state index contributed by atoms with van der Waals surface area (Å²) < 4.78 is 5.66. The number of nitrogens with zero attached hydrogens (tertiary/aromatic N) is 3. The minimum atomic E-state index is -0.744. The van der Waals surface area contributed by atoms with Gasteiger partial charge in [0.15, 0.2) is 17.7 Å². The van der Waals surface area contributed by atoms with Crippen LogP contribution in [0.25, 0.3) is 0 Å². The molecule has 1 atom stereocenters. The number of methoxy groups -OCH3 is 1. The normalized spacial score (nSPS) is 19.7. The number of rotatable bonds is 5. The van der Waals surface area contributed by atoms with Crippen LogP contribution in [0.4, 0.5) is 0 Å². The zero-order valence-electron chi connectivity index (χ0n) is 18.4. The molecule has 1 fully saturated rings. The number of hydrazine groups is 1. The molecule has 0 aliphatic carbocycles. The number of hydrogen-bond acceptors (Lipinski definition) is 6. The molecule has 2 aliphatic rings. The predicted octanol–water partition coefficient (Wildman–Crippen LogP) is 3.38. The van der Waals surface area contributed by atoms with Gasteiger partial charge in [0, 0.05) is 13.2 Å². The highest BCUT2D eigenvalue weighted by atomic mass is 16.5. The number of benzene rings is 2. The lowest BCUT2D eigenvalue weighted by Crippen LogP contribution is -2.63. The van der Waals surface area contributed by atoms with Crippen molar-refractivity contribution in [3.63, 3.8) is 0 Å². The fraction of sp³-hybridized carbons (Fsp3) is 0.280. The zero-order chi connectivity index (χ0) is 22.8. The molecular formula is C25H27N3O4. The first kappa shape index (κ1) is 21.8. The molecule has 2 aromatic carbocycles. The van der Waals surface area contributed by atoms with Crippen molar-refractivity contribution in [2.24, 2.45) is 0 Å². The molecule has 1 unspecified atom stereocenters. The SMILES string of the molecule is COC1C=CC(=O)C(O)=C2C(=O)N(C(C)C)CN(C(c3ccccc3)c3ccccc3)N21. The molecule has 1 N–H and O–H groups in total. The van der Waals surface area contributed by atoms with E-state index in [4.69, 9.17) is 4.74 Å². The van der Waals surface area contributed by atoms with Gasteiger partial charge in [0.1, 0.15) is 0 Å². The standard InChI is InChI=1S/C25H27N3O4/c1-17(2)26-16-27(22(18-10-6-4-7-11-18)19-12-8-5-9-13-19)28-21(32-3)15-14-20(29)24(30)23(28)25(26)31/h4-15,17,21-22,30H,16H2,1-3H3. The second-order valence-electron chi connectivity index (χ2n) is 8.06. The Hall–Kier alpha value is -3.42. The average molecular weight is 434 g/mol. The molecule has 2 aliphatic heterocycles. The summed E-state index contributed by atoms with van der Waals surface area (Å²) in [4.78, 5) is 27.6. The number of ether oxygens (including phenoxy) is 1. The second kappa shape index (κ2) is 8.98. The van der Waals surface area contributed by atoms with Crippen LogP contribution in [0.5, 0.6) is 0 Å². The maximum absolute atomic E-state index is 13.4. The van der Waals surface area contributed by atoms with Gasteiger partial charge < -0.3 is 14.7 Å².